The van der Waals surface area contributed by atoms with E-state index in [1.807, 2.05) is 0 Å². The molecule has 0 radical (unpaired) electrons. The lowest BCUT2D eigenvalue weighted by atomic mass is 9.93. The van der Waals surface area contributed by atoms with Crippen molar-refractivity contribution in [3.8, 4) is 0 Å². The van der Waals surface area contributed by atoms with Gasteiger partial charge in [-0.05, 0) is 0 Å². The number of carboxylic acid groups (broad SMARTS) is 4. The fourth-order valence-corrected chi connectivity index (χ4v) is 0.300. The molecule has 12 heteroatoms. The van der Waals surface area contributed by atoms with Crippen LogP contribution < -0.4 is 0 Å². The SMILES string of the molecule is C=CC(=O)O.C=CC(=O)O.C=CC(=O)O.C=CC(=O)O.CCC.OCC(CO)(CO)CO. The molecule has 8 N–H and O–H groups in total. The smallest absolute Gasteiger partial charge is 0.327 e. The van der Waals surface area contributed by atoms with Crippen molar-refractivity contribution in [3.63, 3.8) is 0 Å². The van der Waals surface area contributed by atoms with E-state index in [-0.39, 0.29) is 0 Å². The zero-order valence-electron chi connectivity index (χ0n) is 18.4. The van der Waals surface area contributed by atoms with Gasteiger partial charge in [0.25, 0.3) is 0 Å². The highest BCUT2D eigenvalue weighted by atomic mass is 16.4. The average Bonchev–Trinajstić information content (AvgIpc) is 2.77. The van der Waals surface area contributed by atoms with Crippen molar-refractivity contribution in [1.29, 1.82) is 0 Å². The Balaban J connectivity index is -0.0000000656. The maximum atomic E-state index is 9.25. The van der Waals surface area contributed by atoms with Gasteiger partial charge in [0.2, 0.25) is 0 Å². The molecule has 0 aromatic heterocycles. The van der Waals surface area contributed by atoms with Gasteiger partial charge in [-0.2, -0.15) is 0 Å². The predicted molar refractivity (Wildman–Crippen MR) is 118 cm³/mol. The Kier molecular flexibility index (Phi) is 46.9. The second kappa shape index (κ2) is 35.1. The lowest BCUT2D eigenvalue weighted by Gasteiger charge is -2.23. The molecule has 32 heavy (non-hydrogen) atoms. The largest absolute Gasteiger partial charge is 0.478 e. The molecule has 0 aromatic rings. The van der Waals surface area contributed by atoms with Crippen molar-refractivity contribution in [2.24, 2.45) is 5.41 Å². The van der Waals surface area contributed by atoms with Crippen LogP contribution in [0.3, 0.4) is 0 Å². The molecule has 0 heterocycles. The van der Waals surface area contributed by atoms with Crippen molar-refractivity contribution in [3.05, 3.63) is 50.6 Å². The molecule has 0 saturated heterocycles. The molecule has 0 atom stereocenters. The maximum Gasteiger partial charge on any atom is 0.327 e. The van der Waals surface area contributed by atoms with Crippen LogP contribution in [0.4, 0.5) is 0 Å². The second-order valence-corrected chi connectivity index (χ2v) is 5.01. The Morgan fingerprint density at radius 3 is 0.656 bits per heavy atom. The molecule has 0 amide bonds. The van der Waals surface area contributed by atoms with Gasteiger partial charge in [-0.3, -0.25) is 0 Å². The highest BCUT2D eigenvalue weighted by Gasteiger charge is 2.26. The van der Waals surface area contributed by atoms with Crippen molar-refractivity contribution in [2.45, 2.75) is 20.3 Å². The molecular formula is C20H36O12. The average molecular weight is 468 g/mol. The molecule has 0 spiro atoms. The quantitative estimate of drug-likeness (QED) is 0.226. The molecule has 0 aliphatic carbocycles. The maximum absolute atomic E-state index is 9.25. The highest BCUT2D eigenvalue weighted by Crippen LogP contribution is 2.11. The monoisotopic (exact) mass is 468 g/mol. The molecule has 0 bridgehead atoms. The Bertz CT molecular complexity index is 433. The van der Waals surface area contributed by atoms with Crippen LogP contribution in [0, 0.1) is 5.41 Å². The zero-order chi connectivity index (χ0) is 27.2. The van der Waals surface area contributed by atoms with Crippen LogP contribution in [0.25, 0.3) is 0 Å². The minimum Gasteiger partial charge on any atom is -0.478 e. The predicted octanol–water partition coefficient (Wildman–Crippen LogP) is 0.386. The number of carbonyl (C=O) groups is 4. The lowest BCUT2D eigenvalue weighted by molar-refractivity contribution is -0.132. The van der Waals surface area contributed by atoms with Gasteiger partial charge in [-0.1, -0.05) is 46.6 Å². The van der Waals surface area contributed by atoms with Gasteiger partial charge in [0.1, 0.15) is 0 Å². The van der Waals surface area contributed by atoms with Crippen LogP contribution in [-0.2, 0) is 19.2 Å². The van der Waals surface area contributed by atoms with Gasteiger partial charge in [-0.25, -0.2) is 19.2 Å². The molecule has 0 aliphatic rings. The molecule has 0 rings (SSSR count). The summed E-state index contributed by atoms with van der Waals surface area (Å²) in [4.78, 5) is 37.0. The van der Waals surface area contributed by atoms with E-state index in [0.717, 1.165) is 24.3 Å². The first-order valence-corrected chi connectivity index (χ1v) is 8.59. The van der Waals surface area contributed by atoms with Crippen LogP contribution in [-0.4, -0.2) is 91.2 Å². The molecule has 0 fully saturated rings. The zero-order valence-corrected chi connectivity index (χ0v) is 18.4. The Hall–Kier alpha value is -3.32. The number of rotatable bonds is 8. The van der Waals surface area contributed by atoms with E-state index < -0.39 is 55.7 Å². The first-order valence-electron chi connectivity index (χ1n) is 8.59. The summed E-state index contributed by atoms with van der Waals surface area (Å²) in [7, 11) is 0. The third-order valence-corrected chi connectivity index (χ3v) is 2.04. The van der Waals surface area contributed by atoms with Crippen LogP contribution in [0.5, 0.6) is 0 Å². The lowest BCUT2D eigenvalue weighted by Crippen LogP contribution is -2.37. The Morgan fingerprint density at radius 2 is 0.656 bits per heavy atom. The molecule has 0 unspecified atom stereocenters. The van der Waals surface area contributed by atoms with E-state index in [2.05, 4.69) is 40.2 Å². The summed E-state index contributed by atoms with van der Waals surface area (Å²) in [6, 6.07) is 0. The number of aliphatic hydroxyl groups is 4. The van der Waals surface area contributed by atoms with Crippen LogP contribution >= 0.6 is 0 Å². The number of carboxylic acids is 4. The first-order chi connectivity index (χ1) is 14.7. The minimum atomic E-state index is -1.11. The van der Waals surface area contributed by atoms with Crippen LogP contribution in [0.15, 0.2) is 50.6 Å². The Labute approximate surface area is 187 Å². The van der Waals surface area contributed by atoms with E-state index in [4.69, 9.17) is 40.9 Å². The molecule has 0 aromatic carbocycles. The van der Waals surface area contributed by atoms with Gasteiger partial charge in [0.05, 0.1) is 31.8 Å². The van der Waals surface area contributed by atoms with E-state index in [1.54, 1.807) is 0 Å². The molecular weight excluding hydrogens is 432 g/mol. The van der Waals surface area contributed by atoms with E-state index >= 15 is 0 Å². The van der Waals surface area contributed by atoms with Gasteiger partial charge in [0, 0.05) is 24.3 Å². The number of hydrogen-bond acceptors (Lipinski definition) is 8. The summed E-state index contributed by atoms with van der Waals surface area (Å²) in [5.41, 5.74) is -1.11. The summed E-state index contributed by atoms with van der Waals surface area (Å²) in [5.74, 6) is -3.93. The van der Waals surface area contributed by atoms with E-state index in [9.17, 15) is 19.2 Å². The second-order valence-electron chi connectivity index (χ2n) is 5.01. The summed E-state index contributed by atoms with van der Waals surface area (Å²) in [6.45, 7) is 14.5. The Morgan fingerprint density at radius 1 is 0.562 bits per heavy atom. The van der Waals surface area contributed by atoms with Crippen molar-refractivity contribution < 1.29 is 60.0 Å². The standard InChI is InChI=1S/C5H12O4.4C3H4O2.C3H8/c6-1-5(2-7,3-8)4-9;4*1-2-3(4)5;1-3-2/h6-9H,1-4H2;4*2H,1H2,(H,4,5);3H2,1-2H3. The summed E-state index contributed by atoms with van der Waals surface area (Å²) in [6.07, 6.45) is 4.58. The summed E-state index contributed by atoms with van der Waals surface area (Å²) < 4.78 is 0. The first kappa shape index (κ1) is 42.7. The molecule has 0 saturated carbocycles. The number of aliphatic carboxylic acids is 4. The number of aliphatic hydroxyl groups excluding tert-OH is 4. The normalized spacial score (nSPS) is 7.94. The number of hydrogen-bond donors (Lipinski definition) is 8. The van der Waals surface area contributed by atoms with Crippen LogP contribution in [0.2, 0.25) is 0 Å². The topological polar surface area (TPSA) is 230 Å². The fraction of sp³-hybridized carbons (Fsp3) is 0.400. The van der Waals surface area contributed by atoms with Crippen molar-refractivity contribution in [1.82, 2.24) is 0 Å². The summed E-state index contributed by atoms with van der Waals surface area (Å²) >= 11 is 0. The summed E-state index contributed by atoms with van der Waals surface area (Å²) in [5, 5.41) is 64.4. The fourth-order valence-electron chi connectivity index (χ4n) is 0.300. The third kappa shape index (κ3) is 63.2. The highest BCUT2D eigenvalue weighted by molar-refractivity contribution is 5.79. The van der Waals surface area contributed by atoms with Crippen molar-refractivity contribution in [2.75, 3.05) is 26.4 Å². The van der Waals surface area contributed by atoms with Crippen LogP contribution in [0.1, 0.15) is 20.3 Å². The van der Waals surface area contributed by atoms with Gasteiger partial charge in [-0.15, -0.1) is 0 Å². The minimum absolute atomic E-state index is 0.406. The van der Waals surface area contributed by atoms with Gasteiger partial charge < -0.3 is 40.9 Å². The molecule has 188 valence electrons. The van der Waals surface area contributed by atoms with E-state index in [0.29, 0.717) is 0 Å². The third-order valence-electron chi connectivity index (χ3n) is 2.04. The molecule has 0 aliphatic heterocycles. The van der Waals surface area contributed by atoms with Gasteiger partial charge in [0.15, 0.2) is 0 Å². The van der Waals surface area contributed by atoms with E-state index in [1.165, 1.54) is 6.42 Å². The van der Waals surface area contributed by atoms with Crippen molar-refractivity contribution >= 4 is 23.9 Å². The molecule has 12 nitrogen and oxygen atoms in total. The van der Waals surface area contributed by atoms with Gasteiger partial charge >= 0.3 is 23.9 Å².